The van der Waals surface area contributed by atoms with E-state index in [0.29, 0.717) is 22.8 Å². The quantitative estimate of drug-likeness (QED) is 0.467. The maximum atomic E-state index is 11.0. The predicted octanol–water partition coefficient (Wildman–Crippen LogP) is 1.16. The van der Waals surface area contributed by atoms with Crippen molar-refractivity contribution in [1.29, 1.82) is 0 Å². The van der Waals surface area contributed by atoms with Gasteiger partial charge in [0.25, 0.3) is 5.69 Å². The van der Waals surface area contributed by atoms with Gasteiger partial charge in [0.1, 0.15) is 0 Å². The first kappa shape index (κ1) is 13.3. The second kappa shape index (κ2) is 6.09. The number of carbonyl (C=O) groups excluding carboxylic acids is 1. The van der Waals surface area contributed by atoms with Crippen LogP contribution in [0.15, 0.2) is 18.2 Å². The lowest BCUT2D eigenvalue weighted by molar-refractivity contribution is -0.384. The Kier molecular flexibility index (Phi) is 4.77. The molecule has 7 heteroatoms. The summed E-state index contributed by atoms with van der Waals surface area (Å²) in [6.45, 7) is 0. The number of nitrogens with zero attached hydrogens (tertiary/aromatic N) is 1. The average molecular weight is 255 g/mol. The van der Waals surface area contributed by atoms with Crippen LogP contribution >= 0.6 is 11.8 Å². The number of non-ortho nitro benzene ring substituents is 1. The molecule has 0 unspecified atom stereocenters. The highest BCUT2D eigenvalue weighted by Gasteiger charge is 2.09. The van der Waals surface area contributed by atoms with E-state index in [0.717, 1.165) is 0 Å². The lowest BCUT2D eigenvalue weighted by Crippen LogP contribution is -2.19. The lowest BCUT2D eigenvalue weighted by Gasteiger charge is -2.05. The zero-order valence-corrected chi connectivity index (χ0v) is 10.1. The largest absolute Gasteiger partial charge is 0.398 e. The molecule has 1 amide bonds. The molecule has 1 aromatic carbocycles. The van der Waals surface area contributed by atoms with Crippen molar-refractivity contribution in [3.63, 3.8) is 0 Å². The fourth-order valence-corrected chi connectivity index (χ4v) is 2.06. The molecule has 0 spiro atoms. The minimum absolute atomic E-state index is 0.00902. The maximum Gasteiger partial charge on any atom is 0.269 e. The summed E-state index contributed by atoms with van der Waals surface area (Å²) in [5, 5.41) is 13.1. The van der Waals surface area contributed by atoms with Crippen molar-refractivity contribution in [3.05, 3.63) is 33.9 Å². The van der Waals surface area contributed by atoms with E-state index < -0.39 is 4.92 Å². The molecule has 6 nitrogen and oxygen atoms in total. The van der Waals surface area contributed by atoms with E-state index >= 15 is 0 Å². The molecule has 0 aliphatic rings. The third-order valence-electron chi connectivity index (χ3n) is 2.11. The van der Waals surface area contributed by atoms with E-state index in [-0.39, 0.29) is 11.6 Å². The molecule has 1 rings (SSSR count). The average Bonchev–Trinajstić information content (AvgIpc) is 2.30. The minimum atomic E-state index is -0.466. The van der Waals surface area contributed by atoms with Crippen LogP contribution in [0.2, 0.25) is 0 Å². The number of carbonyl (C=O) groups is 1. The molecule has 0 fully saturated rings. The standard InChI is InChI=1S/C10H13N3O3S/c1-12-10(14)6-17-5-7-4-8(13(15)16)2-3-9(7)11/h2-4H,5-6,11H2,1H3,(H,12,14). The van der Waals surface area contributed by atoms with Crippen LogP contribution in [0, 0.1) is 10.1 Å². The van der Waals surface area contributed by atoms with Crippen LogP contribution in [-0.4, -0.2) is 23.6 Å². The summed E-state index contributed by atoms with van der Waals surface area (Å²) in [6, 6.07) is 4.31. The van der Waals surface area contributed by atoms with Crippen molar-refractivity contribution in [2.24, 2.45) is 0 Å². The van der Waals surface area contributed by atoms with Crippen molar-refractivity contribution < 1.29 is 9.72 Å². The van der Waals surface area contributed by atoms with Gasteiger partial charge in [0.2, 0.25) is 5.91 Å². The van der Waals surface area contributed by atoms with E-state index in [2.05, 4.69) is 5.32 Å². The van der Waals surface area contributed by atoms with Gasteiger partial charge in [0.15, 0.2) is 0 Å². The van der Waals surface area contributed by atoms with Gasteiger partial charge in [-0.3, -0.25) is 14.9 Å². The lowest BCUT2D eigenvalue weighted by atomic mass is 10.2. The van der Waals surface area contributed by atoms with Crippen molar-refractivity contribution in [1.82, 2.24) is 5.32 Å². The van der Waals surface area contributed by atoms with Gasteiger partial charge in [-0.2, -0.15) is 0 Å². The van der Waals surface area contributed by atoms with Gasteiger partial charge in [-0.05, 0) is 11.6 Å². The van der Waals surface area contributed by atoms with Crippen LogP contribution in [-0.2, 0) is 10.5 Å². The molecule has 0 atom stereocenters. The molecule has 17 heavy (non-hydrogen) atoms. The van der Waals surface area contributed by atoms with Crippen molar-refractivity contribution >= 4 is 29.0 Å². The number of nitrogens with one attached hydrogen (secondary N) is 1. The molecule has 0 aromatic heterocycles. The molecule has 0 radical (unpaired) electrons. The van der Waals surface area contributed by atoms with Gasteiger partial charge in [0.05, 0.1) is 10.7 Å². The van der Waals surface area contributed by atoms with Crippen LogP contribution in [0.5, 0.6) is 0 Å². The van der Waals surface area contributed by atoms with Crippen molar-refractivity contribution in [2.45, 2.75) is 5.75 Å². The number of hydrogen-bond acceptors (Lipinski definition) is 5. The summed E-state index contributed by atoms with van der Waals surface area (Å²) in [5.41, 5.74) is 6.89. The molecule has 0 aliphatic heterocycles. The van der Waals surface area contributed by atoms with Crippen molar-refractivity contribution in [2.75, 3.05) is 18.5 Å². The Labute approximate surface area is 103 Å². The number of benzene rings is 1. The Balaban J connectivity index is 2.66. The van der Waals surface area contributed by atoms with Crippen LogP contribution in [0.1, 0.15) is 5.56 Å². The van der Waals surface area contributed by atoms with Crippen LogP contribution in [0.25, 0.3) is 0 Å². The molecular formula is C10H13N3O3S. The number of nitrogen functional groups attached to an aromatic ring is 1. The number of rotatable bonds is 5. The van der Waals surface area contributed by atoms with E-state index in [1.54, 1.807) is 7.05 Å². The molecule has 0 bridgehead atoms. The highest BCUT2D eigenvalue weighted by molar-refractivity contribution is 7.99. The zero-order valence-electron chi connectivity index (χ0n) is 9.30. The zero-order chi connectivity index (χ0) is 12.8. The molecule has 1 aromatic rings. The second-order valence-electron chi connectivity index (χ2n) is 3.31. The fourth-order valence-electron chi connectivity index (χ4n) is 1.16. The summed E-state index contributed by atoms with van der Waals surface area (Å²) in [7, 11) is 1.56. The number of nitro benzene ring substituents is 1. The first-order chi connectivity index (χ1) is 8.04. The number of nitro groups is 1. The molecule has 0 saturated carbocycles. The normalized spacial score (nSPS) is 9.94. The van der Waals surface area contributed by atoms with Crippen LogP contribution < -0.4 is 11.1 Å². The summed E-state index contributed by atoms with van der Waals surface area (Å²) in [5.74, 6) is 0.693. The first-order valence-corrected chi connectivity index (χ1v) is 6.01. The van der Waals surface area contributed by atoms with E-state index in [1.807, 2.05) is 0 Å². The SMILES string of the molecule is CNC(=O)CSCc1cc([N+](=O)[O-])ccc1N. The predicted molar refractivity (Wildman–Crippen MR) is 67.7 cm³/mol. The Bertz CT molecular complexity index is 437. The maximum absolute atomic E-state index is 11.0. The molecule has 3 N–H and O–H groups in total. The Morgan fingerprint density at radius 3 is 2.88 bits per heavy atom. The van der Waals surface area contributed by atoms with E-state index in [9.17, 15) is 14.9 Å². The third-order valence-corrected chi connectivity index (χ3v) is 3.09. The Morgan fingerprint density at radius 1 is 1.59 bits per heavy atom. The second-order valence-corrected chi connectivity index (χ2v) is 4.29. The van der Waals surface area contributed by atoms with E-state index in [4.69, 9.17) is 5.73 Å². The summed E-state index contributed by atoms with van der Waals surface area (Å²) in [6.07, 6.45) is 0. The van der Waals surface area contributed by atoms with Gasteiger partial charge < -0.3 is 11.1 Å². The minimum Gasteiger partial charge on any atom is -0.398 e. The number of anilines is 1. The fraction of sp³-hybridized carbons (Fsp3) is 0.300. The van der Waals surface area contributed by atoms with Gasteiger partial charge in [-0.1, -0.05) is 0 Å². The molecule has 0 saturated heterocycles. The third kappa shape index (κ3) is 3.95. The monoisotopic (exact) mass is 255 g/mol. The smallest absolute Gasteiger partial charge is 0.269 e. The number of amides is 1. The van der Waals surface area contributed by atoms with Crippen LogP contribution in [0.4, 0.5) is 11.4 Å². The van der Waals surface area contributed by atoms with E-state index in [1.165, 1.54) is 30.0 Å². The summed E-state index contributed by atoms with van der Waals surface area (Å²) < 4.78 is 0. The molecule has 92 valence electrons. The number of hydrogen-bond donors (Lipinski definition) is 2. The Hall–Kier alpha value is -1.76. The number of thioether (sulfide) groups is 1. The summed E-state index contributed by atoms with van der Waals surface area (Å²) in [4.78, 5) is 21.1. The highest BCUT2D eigenvalue weighted by atomic mass is 32.2. The van der Waals surface area contributed by atoms with Gasteiger partial charge in [0, 0.05) is 30.6 Å². The topological polar surface area (TPSA) is 98.3 Å². The Morgan fingerprint density at radius 2 is 2.29 bits per heavy atom. The first-order valence-electron chi connectivity index (χ1n) is 4.85. The molecule has 0 aliphatic carbocycles. The summed E-state index contributed by atoms with van der Waals surface area (Å²) >= 11 is 1.36. The highest BCUT2D eigenvalue weighted by Crippen LogP contribution is 2.23. The van der Waals surface area contributed by atoms with Gasteiger partial charge in [-0.25, -0.2) is 0 Å². The molecular weight excluding hydrogens is 242 g/mol. The number of nitrogens with two attached hydrogens (primary N) is 1. The van der Waals surface area contributed by atoms with Crippen molar-refractivity contribution in [3.8, 4) is 0 Å². The van der Waals surface area contributed by atoms with Gasteiger partial charge >= 0.3 is 0 Å². The van der Waals surface area contributed by atoms with Crippen LogP contribution in [0.3, 0.4) is 0 Å². The molecule has 0 heterocycles. The van der Waals surface area contributed by atoms with Gasteiger partial charge in [-0.15, -0.1) is 11.8 Å².